The number of aliphatic hydroxyl groups excluding tert-OH is 1. The fourth-order valence-electron chi connectivity index (χ4n) is 1.04. The van der Waals surface area contributed by atoms with Gasteiger partial charge in [0, 0.05) is 6.61 Å². The van der Waals surface area contributed by atoms with Gasteiger partial charge in [0.15, 0.2) is 5.96 Å². The van der Waals surface area contributed by atoms with Crippen LogP contribution >= 0.6 is 23.5 Å². The summed E-state index contributed by atoms with van der Waals surface area (Å²) in [4.78, 5) is 50.6. The molecule has 0 radical (unpaired) electrons. The molecule has 0 amide bonds. The Morgan fingerprint density at radius 3 is 1.64 bits per heavy atom. The van der Waals surface area contributed by atoms with Crippen molar-refractivity contribution in [2.45, 2.75) is 25.8 Å². The summed E-state index contributed by atoms with van der Waals surface area (Å²) in [5.74, 6) is -1.23. The first-order chi connectivity index (χ1) is 12.4. The highest BCUT2D eigenvalue weighted by Gasteiger charge is 2.38. The second kappa shape index (κ2) is 15.0. The fourth-order valence-corrected chi connectivity index (χ4v) is 3.58. The lowest BCUT2D eigenvalue weighted by atomic mass is 10.2. The van der Waals surface area contributed by atoms with Crippen LogP contribution in [-0.4, -0.2) is 65.8 Å². The van der Waals surface area contributed by atoms with E-state index in [1.807, 2.05) is 6.92 Å². The third kappa shape index (κ3) is 29.8. The van der Waals surface area contributed by atoms with Crippen molar-refractivity contribution in [3.05, 3.63) is 0 Å². The number of nitrogens with one attached hydrogen (secondary N) is 2. The normalized spacial score (nSPS) is 12.7. The Hall–Kier alpha value is -0.930. The first kappa shape index (κ1) is 31.8. The van der Waals surface area contributed by atoms with Gasteiger partial charge in [-0.2, -0.15) is 8.62 Å². The van der Waals surface area contributed by atoms with E-state index >= 15 is 0 Å². The molecule has 0 rings (SSSR count). The summed E-state index contributed by atoms with van der Waals surface area (Å²) in [5, 5.41) is 25.9. The van der Waals surface area contributed by atoms with E-state index in [4.69, 9.17) is 40.1 Å². The minimum Gasteiger partial charge on any atom is -0.480 e. The van der Waals surface area contributed by atoms with E-state index in [1.165, 1.54) is 0 Å². The Morgan fingerprint density at radius 2 is 1.43 bits per heavy atom. The number of rotatable bonds is 10. The first-order valence-electron chi connectivity index (χ1n) is 6.90. The zero-order chi connectivity index (χ0) is 23.2. The lowest BCUT2D eigenvalue weighted by Crippen LogP contribution is -2.37. The number of nitrogens with two attached hydrogens (primary N) is 2. The molecule has 0 heterocycles. The molecule has 1 unspecified atom stereocenters. The predicted molar refractivity (Wildman–Crippen MR) is 93.6 cm³/mol. The number of guanidine groups is 1. The van der Waals surface area contributed by atoms with Gasteiger partial charge >= 0.3 is 29.4 Å². The molecule has 1 atom stereocenters. The number of carboxylic acid groups (broad SMARTS) is 1. The quantitative estimate of drug-likeness (QED) is 0.0915. The van der Waals surface area contributed by atoms with Gasteiger partial charge in [-0.15, -0.1) is 0 Å². The summed E-state index contributed by atoms with van der Waals surface area (Å²) in [6.45, 7) is 2.55. The number of carbonyl (C=O) groups is 1. The van der Waals surface area contributed by atoms with E-state index in [0.717, 1.165) is 6.42 Å². The van der Waals surface area contributed by atoms with Crippen molar-refractivity contribution in [2.75, 3.05) is 13.2 Å². The zero-order valence-electron chi connectivity index (χ0n) is 14.5. The number of carboxylic acids is 1. The van der Waals surface area contributed by atoms with Crippen molar-refractivity contribution in [3.8, 4) is 0 Å². The van der Waals surface area contributed by atoms with Crippen molar-refractivity contribution in [2.24, 2.45) is 11.5 Å². The number of hydrogen-bond donors (Lipinski definition) is 11. The second-order valence-corrected chi connectivity index (χ2v) is 8.63. The summed E-state index contributed by atoms with van der Waals surface area (Å²) in [6.07, 6.45) is 1.17. The largest absolute Gasteiger partial charge is 0.490 e. The molecule has 0 aliphatic carbocycles. The molecule has 0 spiro atoms. The standard InChI is InChI=1S/C7H15NO3.CH5N3.H5O10P3/c1-2-4-8-6(3-5-9)7(10)11;2-1(3)4;1-11(2,3)9-13(7,8)10-12(4,5)6/h6,8-9H,2-5H2,1H3,(H,10,11);(H5,2,3,4);(H,7,8)(H2,1,2,3)(H2,4,5,6). The van der Waals surface area contributed by atoms with Crippen molar-refractivity contribution in [1.29, 1.82) is 5.41 Å². The second-order valence-electron chi connectivity index (χ2n) is 4.43. The highest BCUT2D eigenvalue weighted by Crippen LogP contribution is 2.64. The monoisotopic (exact) mass is 478 g/mol. The molecule has 0 aromatic rings. The maximum Gasteiger partial charge on any atom is 0.490 e. The van der Waals surface area contributed by atoms with Crippen LogP contribution in [0, 0.1) is 5.41 Å². The first-order valence-corrected chi connectivity index (χ1v) is 11.5. The van der Waals surface area contributed by atoms with Crippen LogP contribution in [-0.2, 0) is 27.1 Å². The van der Waals surface area contributed by atoms with E-state index < -0.39 is 35.5 Å². The number of aliphatic hydroxyl groups is 1. The molecule has 20 heteroatoms. The van der Waals surface area contributed by atoms with Gasteiger partial charge in [0.25, 0.3) is 0 Å². The Kier molecular flexibility index (Phi) is 17.0. The lowest BCUT2D eigenvalue weighted by molar-refractivity contribution is -0.139. The van der Waals surface area contributed by atoms with Crippen molar-refractivity contribution in [3.63, 3.8) is 0 Å². The molecule has 0 saturated heterocycles. The molecule has 17 nitrogen and oxygen atoms in total. The molecule has 0 aromatic carbocycles. The average Bonchev–Trinajstić information content (AvgIpc) is 2.37. The molecular weight excluding hydrogens is 453 g/mol. The van der Waals surface area contributed by atoms with Crippen molar-refractivity contribution in [1.82, 2.24) is 5.32 Å². The van der Waals surface area contributed by atoms with Crippen LogP contribution in [0.3, 0.4) is 0 Å². The Bertz CT molecular complexity index is 573. The van der Waals surface area contributed by atoms with Gasteiger partial charge in [0.2, 0.25) is 0 Å². The van der Waals surface area contributed by atoms with E-state index in [-0.39, 0.29) is 19.0 Å². The van der Waals surface area contributed by atoms with Gasteiger partial charge in [-0.25, -0.2) is 13.7 Å². The van der Waals surface area contributed by atoms with Crippen molar-refractivity contribution >= 4 is 35.4 Å². The maximum atomic E-state index is 10.4. The van der Waals surface area contributed by atoms with Crippen molar-refractivity contribution < 1.29 is 61.8 Å². The Morgan fingerprint density at radius 1 is 1.07 bits per heavy atom. The molecule has 0 aliphatic heterocycles. The average molecular weight is 478 g/mol. The molecular formula is C8H25N4O13P3. The molecule has 0 bridgehead atoms. The summed E-state index contributed by atoms with van der Waals surface area (Å²) >= 11 is 0. The molecule has 28 heavy (non-hydrogen) atoms. The number of aliphatic carboxylic acids is 1. The molecule has 0 fully saturated rings. The Labute approximate surface area is 159 Å². The van der Waals surface area contributed by atoms with Gasteiger partial charge in [0.05, 0.1) is 0 Å². The van der Waals surface area contributed by atoms with E-state index in [0.29, 0.717) is 6.54 Å². The number of hydrogen-bond acceptors (Lipinski definition) is 9. The van der Waals surface area contributed by atoms with Crippen LogP contribution in [0.25, 0.3) is 0 Å². The maximum absolute atomic E-state index is 10.4. The zero-order valence-corrected chi connectivity index (χ0v) is 17.2. The summed E-state index contributed by atoms with van der Waals surface area (Å²) < 4.78 is 36.4. The Balaban J connectivity index is -0.000000378. The van der Waals surface area contributed by atoms with Gasteiger partial charge in [0.1, 0.15) is 6.04 Å². The predicted octanol–water partition coefficient (Wildman–Crippen LogP) is -2.03. The van der Waals surface area contributed by atoms with Crippen LogP contribution in [0.15, 0.2) is 0 Å². The fraction of sp³-hybridized carbons (Fsp3) is 0.750. The third-order valence-corrected chi connectivity index (χ3v) is 5.13. The third-order valence-electron chi connectivity index (χ3n) is 1.78. The SMILES string of the molecule is CCCNC(CCO)C(=O)O.N=C(N)N.O=P(O)(O)OP(=O)(O)OP(=O)(O)O. The molecule has 0 saturated carbocycles. The smallest absolute Gasteiger partial charge is 0.480 e. The van der Waals surface area contributed by atoms with Crippen LogP contribution in [0.1, 0.15) is 19.8 Å². The lowest BCUT2D eigenvalue weighted by Gasteiger charge is -2.11. The summed E-state index contributed by atoms with van der Waals surface area (Å²) in [5.41, 5.74) is 8.94. The van der Waals surface area contributed by atoms with Crippen LogP contribution in [0.5, 0.6) is 0 Å². The van der Waals surface area contributed by atoms with Gasteiger partial charge in [-0.3, -0.25) is 10.2 Å². The van der Waals surface area contributed by atoms with E-state index in [1.54, 1.807) is 0 Å². The van der Waals surface area contributed by atoms with E-state index in [2.05, 4.69) is 25.4 Å². The van der Waals surface area contributed by atoms with E-state index in [9.17, 15) is 18.5 Å². The molecule has 0 aliphatic rings. The molecule has 170 valence electrons. The topological polar surface area (TPSA) is 316 Å². The van der Waals surface area contributed by atoms with Gasteiger partial charge < -0.3 is 51.5 Å². The minimum absolute atomic E-state index is 0.0896. The van der Waals surface area contributed by atoms with Crippen LogP contribution in [0.4, 0.5) is 0 Å². The highest BCUT2D eigenvalue weighted by atomic mass is 31.3. The summed E-state index contributed by atoms with van der Waals surface area (Å²) in [7, 11) is -16.2. The number of phosphoric acid groups is 3. The van der Waals surface area contributed by atoms with Crippen LogP contribution in [0.2, 0.25) is 0 Å². The highest BCUT2D eigenvalue weighted by molar-refractivity contribution is 7.66. The van der Waals surface area contributed by atoms with Crippen LogP contribution < -0.4 is 16.8 Å². The molecule has 0 aromatic heterocycles. The minimum atomic E-state index is -5.46. The summed E-state index contributed by atoms with van der Waals surface area (Å²) in [6, 6.07) is -0.597. The van der Waals surface area contributed by atoms with Gasteiger partial charge in [-0.1, -0.05) is 6.92 Å². The van der Waals surface area contributed by atoms with Gasteiger partial charge in [-0.05, 0) is 19.4 Å². The molecule has 13 N–H and O–H groups in total.